The fourth-order valence-corrected chi connectivity index (χ4v) is 0.545. The first-order chi connectivity index (χ1) is 5.56. The maximum Gasteiger partial charge on any atom is 0.516 e. The van der Waals surface area contributed by atoms with Crippen molar-refractivity contribution in [3.8, 4) is 0 Å². The van der Waals surface area contributed by atoms with Gasteiger partial charge in [-0.15, -0.1) is 0 Å². The maximum atomic E-state index is 10.7. The van der Waals surface area contributed by atoms with E-state index in [0.717, 1.165) is 0 Å². The minimum atomic E-state index is -0.969. The van der Waals surface area contributed by atoms with Crippen molar-refractivity contribution < 1.29 is 19.1 Å². The van der Waals surface area contributed by atoms with Gasteiger partial charge in [0.25, 0.3) is 0 Å². The van der Waals surface area contributed by atoms with Crippen molar-refractivity contribution in [1.82, 2.24) is 0 Å². The molecule has 5 heteroatoms. The van der Waals surface area contributed by atoms with E-state index in [9.17, 15) is 9.59 Å². The highest BCUT2D eigenvalue weighted by atomic mass is 16.7. The van der Waals surface area contributed by atoms with Crippen LogP contribution in [-0.4, -0.2) is 24.8 Å². The molecular weight excluding hydrogens is 162 g/mol. The summed E-state index contributed by atoms with van der Waals surface area (Å²) in [5.74, 6) is -0.663. The largest absolute Gasteiger partial charge is 0.516 e. The first kappa shape index (κ1) is 10.9. The molecule has 0 radical (unpaired) electrons. The SMILES string of the molecule is CCOC(=O)OC(=O)C[C@H](C)N. The zero-order valence-corrected chi connectivity index (χ0v) is 7.20. The highest BCUT2D eigenvalue weighted by molar-refractivity contribution is 5.82. The number of nitrogens with two attached hydrogens (primary N) is 1. The van der Waals surface area contributed by atoms with Gasteiger partial charge < -0.3 is 15.2 Å². The third-order valence-corrected chi connectivity index (χ3v) is 0.948. The number of carbonyl (C=O) groups excluding carboxylic acids is 2. The standard InChI is InChI=1S/C7H13NO4/c1-3-11-7(10)12-6(9)4-5(2)8/h5H,3-4,8H2,1-2H3/t5-/m0/s1. The molecule has 1 atom stereocenters. The lowest BCUT2D eigenvalue weighted by Gasteiger charge is -2.04. The van der Waals surface area contributed by atoms with Crippen molar-refractivity contribution in [2.24, 2.45) is 5.73 Å². The Balaban J connectivity index is 3.62. The van der Waals surface area contributed by atoms with Gasteiger partial charge in [0.2, 0.25) is 0 Å². The highest BCUT2D eigenvalue weighted by Gasteiger charge is 2.12. The van der Waals surface area contributed by atoms with Crippen LogP contribution in [0.1, 0.15) is 20.3 Å². The van der Waals surface area contributed by atoms with Gasteiger partial charge in [0.15, 0.2) is 0 Å². The van der Waals surface area contributed by atoms with Crippen LogP contribution in [0.3, 0.4) is 0 Å². The van der Waals surface area contributed by atoms with Gasteiger partial charge in [-0.1, -0.05) is 0 Å². The Morgan fingerprint density at radius 3 is 2.50 bits per heavy atom. The molecule has 0 saturated carbocycles. The summed E-state index contributed by atoms with van der Waals surface area (Å²) in [5.41, 5.74) is 5.29. The van der Waals surface area contributed by atoms with Crippen LogP contribution >= 0.6 is 0 Å². The second-order valence-electron chi connectivity index (χ2n) is 2.34. The van der Waals surface area contributed by atoms with Gasteiger partial charge in [0.05, 0.1) is 13.0 Å². The second-order valence-corrected chi connectivity index (χ2v) is 2.34. The summed E-state index contributed by atoms with van der Waals surface area (Å²) in [5, 5.41) is 0. The number of carbonyl (C=O) groups is 2. The van der Waals surface area contributed by atoms with E-state index in [1.165, 1.54) is 0 Å². The van der Waals surface area contributed by atoms with Crippen molar-refractivity contribution in [3.05, 3.63) is 0 Å². The fourth-order valence-electron chi connectivity index (χ4n) is 0.545. The van der Waals surface area contributed by atoms with E-state index in [4.69, 9.17) is 5.73 Å². The molecule has 0 rings (SSSR count). The first-order valence-corrected chi connectivity index (χ1v) is 3.69. The van der Waals surface area contributed by atoms with Crippen LogP contribution in [0.15, 0.2) is 0 Å². The van der Waals surface area contributed by atoms with E-state index in [1.807, 2.05) is 0 Å². The molecule has 0 unspecified atom stereocenters. The Morgan fingerprint density at radius 1 is 1.50 bits per heavy atom. The van der Waals surface area contributed by atoms with Crippen LogP contribution < -0.4 is 5.73 Å². The van der Waals surface area contributed by atoms with E-state index in [1.54, 1.807) is 13.8 Å². The Bertz CT molecular complexity index is 167. The predicted octanol–water partition coefficient (Wildman–Crippen LogP) is 0.423. The molecule has 0 spiro atoms. The number of hydrogen-bond acceptors (Lipinski definition) is 5. The molecule has 70 valence electrons. The number of rotatable bonds is 3. The van der Waals surface area contributed by atoms with Gasteiger partial charge >= 0.3 is 12.1 Å². The number of esters is 1. The molecule has 0 aliphatic heterocycles. The Labute approximate surface area is 70.8 Å². The van der Waals surface area contributed by atoms with E-state index in [-0.39, 0.29) is 19.1 Å². The van der Waals surface area contributed by atoms with E-state index < -0.39 is 12.1 Å². The van der Waals surface area contributed by atoms with Crippen LogP contribution in [0.4, 0.5) is 4.79 Å². The number of hydrogen-bond donors (Lipinski definition) is 1. The molecule has 0 fully saturated rings. The summed E-state index contributed by atoms with van der Waals surface area (Å²) in [6.45, 7) is 3.45. The molecule has 0 aromatic carbocycles. The lowest BCUT2D eigenvalue weighted by atomic mass is 10.3. The maximum absolute atomic E-state index is 10.7. The molecule has 0 heterocycles. The molecular formula is C7H13NO4. The molecule has 0 bridgehead atoms. The Kier molecular flexibility index (Phi) is 5.03. The normalized spacial score (nSPS) is 11.9. The molecule has 0 aliphatic rings. The first-order valence-electron chi connectivity index (χ1n) is 3.69. The zero-order valence-electron chi connectivity index (χ0n) is 7.20. The van der Waals surface area contributed by atoms with Crippen LogP contribution in [-0.2, 0) is 14.3 Å². The minimum Gasteiger partial charge on any atom is -0.434 e. The third kappa shape index (κ3) is 5.67. The monoisotopic (exact) mass is 175 g/mol. The zero-order chi connectivity index (χ0) is 9.56. The van der Waals surface area contributed by atoms with Gasteiger partial charge in [-0.2, -0.15) is 0 Å². The summed E-state index contributed by atoms with van der Waals surface area (Å²) < 4.78 is 8.59. The van der Waals surface area contributed by atoms with Crippen LogP contribution in [0.25, 0.3) is 0 Å². The van der Waals surface area contributed by atoms with Crippen LogP contribution in [0, 0.1) is 0 Å². The van der Waals surface area contributed by atoms with E-state index >= 15 is 0 Å². The van der Waals surface area contributed by atoms with Gasteiger partial charge in [-0.05, 0) is 13.8 Å². The lowest BCUT2D eigenvalue weighted by molar-refractivity contribution is -0.140. The van der Waals surface area contributed by atoms with E-state index in [0.29, 0.717) is 0 Å². The third-order valence-electron chi connectivity index (χ3n) is 0.948. The van der Waals surface area contributed by atoms with Crippen molar-refractivity contribution in [1.29, 1.82) is 0 Å². The number of ether oxygens (including phenoxy) is 2. The molecule has 0 saturated heterocycles. The van der Waals surface area contributed by atoms with Crippen molar-refractivity contribution in [2.75, 3.05) is 6.61 Å². The van der Waals surface area contributed by atoms with Gasteiger partial charge in [0.1, 0.15) is 0 Å². The molecule has 5 nitrogen and oxygen atoms in total. The molecule has 0 aromatic heterocycles. The Morgan fingerprint density at radius 2 is 2.08 bits per heavy atom. The summed E-state index contributed by atoms with van der Waals surface area (Å²) in [7, 11) is 0. The summed E-state index contributed by atoms with van der Waals surface area (Å²) in [4.78, 5) is 21.3. The minimum absolute atomic E-state index is 0.0127. The van der Waals surface area contributed by atoms with Crippen LogP contribution in [0.5, 0.6) is 0 Å². The van der Waals surface area contributed by atoms with Crippen molar-refractivity contribution >= 4 is 12.1 Å². The quantitative estimate of drug-likeness (QED) is 0.497. The van der Waals surface area contributed by atoms with Gasteiger partial charge in [-0.25, -0.2) is 4.79 Å². The van der Waals surface area contributed by atoms with Crippen molar-refractivity contribution in [3.63, 3.8) is 0 Å². The summed E-state index contributed by atoms with van der Waals surface area (Å²) in [6, 6.07) is -0.313. The second kappa shape index (κ2) is 5.54. The van der Waals surface area contributed by atoms with Gasteiger partial charge in [-0.3, -0.25) is 4.79 Å². The Hall–Kier alpha value is -1.10. The molecule has 0 aromatic rings. The summed E-state index contributed by atoms with van der Waals surface area (Å²) in [6.07, 6.45) is -0.957. The molecule has 0 amide bonds. The molecule has 12 heavy (non-hydrogen) atoms. The topological polar surface area (TPSA) is 78.6 Å². The molecule has 2 N–H and O–H groups in total. The smallest absolute Gasteiger partial charge is 0.434 e. The highest BCUT2D eigenvalue weighted by Crippen LogP contribution is 1.93. The lowest BCUT2D eigenvalue weighted by Crippen LogP contribution is -2.23. The fraction of sp³-hybridized carbons (Fsp3) is 0.714. The molecule has 0 aliphatic carbocycles. The predicted molar refractivity (Wildman–Crippen MR) is 41.4 cm³/mol. The van der Waals surface area contributed by atoms with E-state index in [2.05, 4.69) is 9.47 Å². The van der Waals surface area contributed by atoms with Gasteiger partial charge in [0, 0.05) is 6.04 Å². The van der Waals surface area contributed by atoms with Crippen LogP contribution in [0.2, 0.25) is 0 Å². The average molecular weight is 175 g/mol. The average Bonchev–Trinajstić information content (AvgIpc) is 1.84. The summed E-state index contributed by atoms with van der Waals surface area (Å²) >= 11 is 0. The van der Waals surface area contributed by atoms with Crippen molar-refractivity contribution in [2.45, 2.75) is 26.3 Å².